The van der Waals surface area contributed by atoms with Crippen LogP contribution in [0.4, 0.5) is 0 Å². The molecular formula is C18H17NO4. The van der Waals surface area contributed by atoms with Gasteiger partial charge in [-0.1, -0.05) is 24.3 Å². The Morgan fingerprint density at radius 1 is 1.35 bits per heavy atom. The maximum absolute atomic E-state index is 12.1. The molecule has 118 valence electrons. The second-order valence-electron chi connectivity index (χ2n) is 6.43. The Hall–Kier alpha value is -2.56. The summed E-state index contributed by atoms with van der Waals surface area (Å²) in [4.78, 5) is 22.9. The van der Waals surface area contributed by atoms with Crippen molar-refractivity contribution >= 4 is 11.9 Å². The quantitative estimate of drug-likeness (QED) is 0.909. The first-order valence-corrected chi connectivity index (χ1v) is 7.78. The lowest BCUT2D eigenvalue weighted by Gasteiger charge is -2.11. The van der Waals surface area contributed by atoms with Crippen LogP contribution in [0.5, 0.6) is 0 Å². The molecule has 2 aliphatic rings. The zero-order valence-corrected chi connectivity index (χ0v) is 12.5. The predicted molar refractivity (Wildman–Crippen MR) is 82.5 cm³/mol. The Morgan fingerprint density at radius 2 is 2.17 bits per heavy atom. The van der Waals surface area contributed by atoms with E-state index in [1.807, 2.05) is 0 Å². The van der Waals surface area contributed by atoms with Gasteiger partial charge in [0.15, 0.2) is 5.76 Å². The first-order chi connectivity index (χ1) is 11.1. The van der Waals surface area contributed by atoms with Crippen molar-refractivity contribution in [1.82, 2.24) is 5.32 Å². The lowest BCUT2D eigenvalue weighted by atomic mass is 9.95. The Labute approximate surface area is 133 Å². The van der Waals surface area contributed by atoms with Crippen LogP contribution in [0, 0.1) is 5.92 Å². The summed E-state index contributed by atoms with van der Waals surface area (Å²) in [5.74, 6) is -0.963. The molecule has 1 fully saturated rings. The van der Waals surface area contributed by atoms with E-state index in [1.54, 1.807) is 0 Å². The minimum Gasteiger partial charge on any atom is -0.478 e. The molecule has 1 aromatic carbocycles. The summed E-state index contributed by atoms with van der Waals surface area (Å²) in [5, 5.41) is 11.7. The highest BCUT2D eigenvalue weighted by atomic mass is 16.4. The highest BCUT2D eigenvalue weighted by molar-refractivity contribution is 5.95. The number of rotatable bonds is 4. The van der Waals surface area contributed by atoms with Crippen LogP contribution in [0.25, 0.3) is 0 Å². The van der Waals surface area contributed by atoms with Crippen LogP contribution in [0.2, 0.25) is 0 Å². The average Bonchev–Trinajstić information content (AvgIpc) is 2.89. The summed E-state index contributed by atoms with van der Waals surface area (Å²) in [7, 11) is 0. The van der Waals surface area contributed by atoms with E-state index in [2.05, 4.69) is 29.6 Å². The van der Waals surface area contributed by atoms with E-state index in [1.165, 1.54) is 17.2 Å². The number of carboxylic acid groups (broad SMARTS) is 1. The summed E-state index contributed by atoms with van der Waals surface area (Å²) >= 11 is 0. The molecule has 5 heteroatoms. The van der Waals surface area contributed by atoms with Crippen LogP contribution < -0.4 is 5.32 Å². The molecule has 0 aliphatic heterocycles. The molecule has 1 saturated carbocycles. The van der Waals surface area contributed by atoms with Gasteiger partial charge in [0.1, 0.15) is 6.26 Å². The van der Waals surface area contributed by atoms with Gasteiger partial charge in [-0.05, 0) is 36.3 Å². The second-order valence-corrected chi connectivity index (χ2v) is 6.43. The highest BCUT2D eigenvalue weighted by Gasteiger charge is 2.57. The van der Waals surface area contributed by atoms with E-state index in [4.69, 9.17) is 9.52 Å². The molecule has 0 radical (unpaired) electrons. The van der Waals surface area contributed by atoms with Crippen molar-refractivity contribution in [3.05, 3.63) is 59.0 Å². The standard InChI is InChI=1S/C18H17NO4/c20-16(15-7-12(10-23-15)17(21)22)19-9-13-8-18(13)6-5-11-3-1-2-4-14(11)18/h1-4,7,10,13H,5-6,8-9H2,(H,19,20)(H,21,22)/t13-,18-/m1/s1. The number of aryl methyl sites for hydroxylation is 1. The van der Waals surface area contributed by atoms with Crippen molar-refractivity contribution in [2.24, 2.45) is 5.92 Å². The van der Waals surface area contributed by atoms with Crippen LogP contribution in [0.1, 0.15) is 44.9 Å². The summed E-state index contributed by atoms with van der Waals surface area (Å²) in [6.45, 7) is 0.594. The molecule has 2 aromatic rings. The van der Waals surface area contributed by atoms with Crippen LogP contribution in [0.3, 0.4) is 0 Å². The Balaban J connectivity index is 1.40. The number of hydrogen-bond acceptors (Lipinski definition) is 3. The Bertz CT molecular complexity index is 794. The van der Waals surface area contributed by atoms with Gasteiger partial charge in [0.2, 0.25) is 0 Å². The largest absolute Gasteiger partial charge is 0.478 e. The molecule has 2 atom stereocenters. The molecule has 1 amide bonds. The molecule has 4 rings (SSSR count). The number of carbonyl (C=O) groups is 2. The smallest absolute Gasteiger partial charge is 0.338 e. The van der Waals surface area contributed by atoms with Gasteiger partial charge >= 0.3 is 5.97 Å². The van der Waals surface area contributed by atoms with Crippen molar-refractivity contribution in [3.63, 3.8) is 0 Å². The number of furan rings is 1. The lowest BCUT2D eigenvalue weighted by Crippen LogP contribution is -2.27. The van der Waals surface area contributed by atoms with Crippen LogP contribution in [-0.2, 0) is 11.8 Å². The van der Waals surface area contributed by atoms with E-state index in [-0.39, 0.29) is 22.6 Å². The van der Waals surface area contributed by atoms with E-state index < -0.39 is 5.97 Å². The molecule has 1 spiro atoms. The lowest BCUT2D eigenvalue weighted by molar-refractivity contribution is 0.0696. The molecular weight excluding hydrogens is 294 g/mol. The fourth-order valence-electron chi connectivity index (χ4n) is 3.87. The van der Waals surface area contributed by atoms with Gasteiger partial charge in [0.25, 0.3) is 5.91 Å². The maximum Gasteiger partial charge on any atom is 0.338 e. The van der Waals surface area contributed by atoms with Gasteiger partial charge in [0.05, 0.1) is 5.56 Å². The van der Waals surface area contributed by atoms with Gasteiger partial charge in [-0.2, -0.15) is 0 Å². The molecule has 0 bridgehead atoms. The third kappa shape index (κ3) is 2.23. The van der Waals surface area contributed by atoms with Crippen molar-refractivity contribution in [3.8, 4) is 0 Å². The number of amides is 1. The van der Waals surface area contributed by atoms with Crippen molar-refractivity contribution in [1.29, 1.82) is 0 Å². The second kappa shape index (κ2) is 4.98. The van der Waals surface area contributed by atoms with Gasteiger partial charge in [-0.3, -0.25) is 4.79 Å². The Kier molecular flexibility index (Phi) is 3.04. The van der Waals surface area contributed by atoms with Crippen LogP contribution in [-0.4, -0.2) is 23.5 Å². The van der Waals surface area contributed by atoms with Crippen molar-refractivity contribution in [2.75, 3.05) is 6.54 Å². The highest BCUT2D eigenvalue weighted by Crippen LogP contribution is 2.61. The van der Waals surface area contributed by atoms with Gasteiger partial charge in [-0.15, -0.1) is 0 Å². The van der Waals surface area contributed by atoms with Gasteiger partial charge < -0.3 is 14.8 Å². The number of nitrogens with one attached hydrogen (secondary N) is 1. The number of carbonyl (C=O) groups excluding carboxylic acids is 1. The number of benzene rings is 1. The fourth-order valence-corrected chi connectivity index (χ4v) is 3.87. The first kappa shape index (κ1) is 14.1. The maximum atomic E-state index is 12.1. The molecule has 23 heavy (non-hydrogen) atoms. The normalized spacial score (nSPS) is 24.4. The van der Waals surface area contributed by atoms with Gasteiger partial charge in [0, 0.05) is 18.0 Å². The summed E-state index contributed by atoms with van der Waals surface area (Å²) < 4.78 is 5.02. The van der Waals surface area contributed by atoms with Crippen molar-refractivity contribution in [2.45, 2.75) is 24.7 Å². The van der Waals surface area contributed by atoms with E-state index in [0.29, 0.717) is 12.5 Å². The topological polar surface area (TPSA) is 79.5 Å². The molecule has 1 heterocycles. The summed E-state index contributed by atoms with van der Waals surface area (Å²) in [6, 6.07) is 9.81. The third-order valence-corrected chi connectivity index (χ3v) is 5.21. The van der Waals surface area contributed by atoms with E-state index >= 15 is 0 Å². The number of hydrogen-bond donors (Lipinski definition) is 2. The summed E-state index contributed by atoms with van der Waals surface area (Å²) in [6.07, 6.45) is 4.45. The first-order valence-electron chi connectivity index (χ1n) is 7.78. The minimum absolute atomic E-state index is 0.0113. The number of fused-ring (bicyclic) bond motifs is 2. The van der Waals surface area contributed by atoms with Crippen LogP contribution in [0.15, 0.2) is 41.0 Å². The van der Waals surface area contributed by atoms with E-state index in [0.717, 1.165) is 25.5 Å². The molecule has 5 nitrogen and oxygen atoms in total. The zero-order chi connectivity index (χ0) is 16.0. The SMILES string of the molecule is O=C(O)c1coc(C(=O)NC[C@H]2C[C@]23CCc2ccccc23)c1. The van der Waals surface area contributed by atoms with E-state index in [9.17, 15) is 9.59 Å². The number of carboxylic acids is 1. The minimum atomic E-state index is -1.10. The molecule has 0 unspecified atom stereocenters. The summed E-state index contributed by atoms with van der Waals surface area (Å²) in [5.41, 5.74) is 3.09. The fraction of sp³-hybridized carbons (Fsp3) is 0.333. The Morgan fingerprint density at radius 3 is 2.96 bits per heavy atom. The van der Waals surface area contributed by atoms with Crippen LogP contribution >= 0.6 is 0 Å². The zero-order valence-electron chi connectivity index (χ0n) is 12.5. The molecule has 0 saturated heterocycles. The average molecular weight is 311 g/mol. The monoisotopic (exact) mass is 311 g/mol. The molecule has 2 N–H and O–H groups in total. The van der Waals surface area contributed by atoms with Gasteiger partial charge in [-0.25, -0.2) is 4.79 Å². The van der Waals surface area contributed by atoms with Crippen molar-refractivity contribution < 1.29 is 19.1 Å². The predicted octanol–water partition coefficient (Wildman–Crippen LogP) is 2.61. The number of aromatic carboxylic acids is 1. The molecule has 1 aromatic heterocycles. The third-order valence-electron chi connectivity index (χ3n) is 5.21. The molecule has 2 aliphatic carbocycles.